The maximum absolute atomic E-state index is 12.2. The van der Waals surface area contributed by atoms with Gasteiger partial charge >= 0.3 is 5.00 Å². The molecule has 0 spiro atoms. The van der Waals surface area contributed by atoms with Crippen molar-refractivity contribution >= 4 is 39.0 Å². The van der Waals surface area contributed by atoms with Crippen LogP contribution in [-0.4, -0.2) is 10.7 Å². The van der Waals surface area contributed by atoms with Crippen molar-refractivity contribution in [1.29, 1.82) is 0 Å². The highest BCUT2D eigenvalue weighted by Crippen LogP contribution is 2.23. The van der Waals surface area contributed by atoms with Gasteiger partial charge in [-0.2, -0.15) is 0 Å². The molecule has 0 N–H and O–H groups in total. The standard InChI is InChI=1S/C17H11NO3S/c19-16(8-5-12-9-17(18(20)21)22-11-12)15-7-6-13-3-1-2-4-14(13)10-15/h1-11H/b8-5+. The van der Waals surface area contributed by atoms with Crippen LogP contribution in [0, 0.1) is 10.1 Å². The minimum absolute atomic E-state index is 0.0674. The van der Waals surface area contributed by atoms with Crippen molar-refractivity contribution in [2.75, 3.05) is 0 Å². The maximum Gasteiger partial charge on any atom is 0.324 e. The molecule has 3 rings (SSSR count). The molecule has 108 valence electrons. The number of ketones is 1. The summed E-state index contributed by atoms with van der Waals surface area (Å²) in [5, 5.41) is 14.4. The van der Waals surface area contributed by atoms with E-state index in [-0.39, 0.29) is 10.8 Å². The fourth-order valence-corrected chi connectivity index (χ4v) is 2.83. The molecule has 5 heteroatoms. The molecule has 0 saturated carbocycles. The van der Waals surface area contributed by atoms with Crippen LogP contribution in [0.5, 0.6) is 0 Å². The van der Waals surface area contributed by atoms with Crippen LogP contribution in [-0.2, 0) is 0 Å². The molecule has 4 nitrogen and oxygen atoms in total. The highest BCUT2D eigenvalue weighted by atomic mass is 32.1. The number of thiophene rings is 1. The van der Waals surface area contributed by atoms with E-state index in [1.165, 1.54) is 12.1 Å². The number of benzene rings is 2. The van der Waals surface area contributed by atoms with Gasteiger partial charge in [0.2, 0.25) is 0 Å². The van der Waals surface area contributed by atoms with Gasteiger partial charge in [-0.05, 0) is 34.6 Å². The second-order valence-corrected chi connectivity index (χ2v) is 5.62. The van der Waals surface area contributed by atoms with E-state index in [1.54, 1.807) is 17.5 Å². The van der Waals surface area contributed by atoms with Crippen LogP contribution in [0.4, 0.5) is 5.00 Å². The lowest BCUT2D eigenvalue weighted by molar-refractivity contribution is -0.380. The quantitative estimate of drug-likeness (QED) is 0.303. The second kappa shape index (κ2) is 5.91. The van der Waals surface area contributed by atoms with E-state index in [0.29, 0.717) is 11.1 Å². The third kappa shape index (κ3) is 2.94. The van der Waals surface area contributed by atoms with Crippen molar-refractivity contribution in [3.05, 3.63) is 81.2 Å². The zero-order valence-electron chi connectivity index (χ0n) is 11.4. The number of nitro groups is 1. The number of carbonyl (C=O) groups excluding carboxylic acids is 1. The van der Waals surface area contributed by atoms with Gasteiger partial charge in [0.05, 0.1) is 4.92 Å². The lowest BCUT2D eigenvalue weighted by Gasteiger charge is -2.00. The molecule has 0 radical (unpaired) electrons. The normalized spacial score (nSPS) is 11.1. The first-order valence-corrected chi connectivity index (χ1v) is 7.45. The van der Waals surface area contributed by atoms with E-state index in [4.69, 9.17) is 0 Å². The smallest absolute Gasteiger partial charge is 0.289 e. The lowest BCUT2D eigenvalue weighted by Crippen LogP contribution is -1.93. The Bertz CT molecular complexity index is 896. The third-order valence-electron chi connectivity index (χ3n) is 3.25. The van der Waals surface area contributed by atoms with Gasteiger partial charge in [0.15, 0.2) is 5.78 Å². The molecule has 0 fully saturated rings. The molecule has 0 unspecified atom stereocenters. The van der Waals surface area contributed by atoms with E-state index in [1.807, 2.05) is 36.4 Å². The molecule has 0 atom stereocenters. The van der Waals surface area contributed by atoms with Crippen LogP contribution in [0.3, 0.4) is 0 Å². The van der Waals surface area contributed by atoms with Gasteiger partial charge in [-0.1, -0.05) is 47.7 Å². The molecule has 0 aliphatic heterocycles. The molecule has 22 heavy (non-hydrogen) atoms. The van der Waals surface area contributed by atoms with E-state index in [9.17, 15) is 14.9 Å². The molecule has 0 bridgehead atoms. The summed E-state index contributed by atoms with van der Waals surface area (Å²) < 4.78 is 0. The van der Waals surface area contributed by atoms with Gasteiger partial charge in [0.25, 0.3) is 0 Å². The molecule has 1 aromatic heterocycles. The zero-order valence-corrected chi connectivity index (χ0v) is 12.2. The highest BCUT2D eigenvalue weighted by molar-refractivity contribution is 7.13. The predicted octanol–water partition coefficient (Wildman–Crippen LogP) is 4.71. The molecular formula is C17H11NO3S. The van der Waals surface area contributed by atoms with Crippen LogP contribution >= 0.6 is 11.3 Å². The van der Waals surface area contributed by atoms with E-state index in [0.717, 1.165) is 22.1 Å². The van der Waals surface area contributed by atoms with Crippen molar-refractivity contribution in [3.63, 3.8) is 0 Å². The first-order valence-electron chi connectivity index (χ1n) is 6.57. The molecule has 0 saturated heterocycles. The van der Waals surface area contributed by atoms with E-state index >= 15 is 0 Å². The predicted molar refractivity (Wildman–Crippen MR) is 88.3 cm³/mol. The van der Waals surface area contributed by atoms with Crippen LogP contribution in [0.15, 0.2) is 60.0 Å². The number of hydrogen-bond acceptors (Lipinski definition) is 4. The van der Waals surface area contributed by atoms with Crippen molar-refractivity contribution < 1.29 is 9.72 Å². The summed E-state index contributed by atoms with van der Waals surface area (Å²) in [5.41, 5.74) is 1.26. The van der Waals surface area contributed by atoms with Crippen LogP contribution in [0.25, 0.3) is 16.8 Å². The topological polar surface area (TPSA) is 60.2 Å². The van der Waals surface area contributed by atoms with Crippen molar-refractivity contribution in [2.45, 2.75) is 0 Å². The van der Waals surface area contributed by atoms with E-state index in [2.05, 4.69) is 0 Å². The van der Waals surface area contributed by atoms with Crippen molar-refractivity contribution in [3.8, 4) is 0 Å². The van der Waals surface area contributed by atoms with E-state index < -0.39 is 4.92 Å². The summed E-state index contributed by atoms with van der Waals surface area (Å²) in [6, 6.07) is 14.8. The lowest BCUT2D eigenvalue weighted by atomic mass is 10.0. The summed E-state index contributed by atoms with van der Waals surface area (Å²) in [6.07, 6.45) is 3.04. The van der Waals surface area contributed by atoms with Crippen LogP contribution in [0.1, 0.15) is 15.9 Å². The summed E-state index contributed by atoms with van der Waals surface area (Å²) in [4.78, 5) is 22.4. The Hall–Kier alpha value is -2.79. The number of nitrogens with zero attached hydrogens (tertiary/aromatic N) is 1. The Balaban J connectivity index is 1.82. The average Bonchev–Trinajstić information content (AvgIpc) is 3.01. The molecular weight excluding hydrogens is 298 g/mol. The van der Waals surface area contributed by atoms with Crippen molar-refractivity contribution in [2.24, 2.45) is 0 Å². The molecule has 0 aliphatic carbocycles. The molecule has 1 heterocycles. The number of carbonyl (C=O) groups is 1. The highest BCUT2D eigenvalue weighted by Gasteiger charge is 2.08. The largest absolute Gasteiger partial charge is 0.324 e. The molecule has 2 aromatic carbocycles. The van der Waals surface area contributed by atoms with Crippen LogP contribution in [0.2, 0.25) is 0 Å². The fourth-order valence-electron chi connectivity index (χ4n) is 2.13. The minimum Gasteiger partial charge on any atom is -0.289 e. The number of fused-ring (bicyclic) bond motifs is 1. The maximum atomic E-state index is 12.2. The Morgan fingerprint density at radius 2 is 1.86 bits per heavy atom. The molecule has 0 aliphatic rings. The van der Waals surface area contributed by atoms with Gasteiger partial charge in [-0.25, -0.2) is 0 Å². The molecule has 3 aromatic rings. The average molecular weight is 309 g/mol. The minimum atomic E-state index is -0.437. The first-order chi connectivity index (χ1) is 10.6. The van der Waals surface area contributed by atoms with Crippen molar-refractivity contribution in [1.82, 2.24) is 0 Å². The van der Waals surface area contributed by atoms with Gasteiger partial charge in [-0.15, -0.1) is 0 Å². The molecule has 0 amide bonds. The number of hydrogen-bond donors (Lipinski definition) is 0. The fraction of sp³-hybridized carbons (Fsp3) is 0. The summed E-state index contributed by atoms with van der Waals surface area (Å²) in [7, 11) is 0. The Labute approximate surface area is 130 Å². The zero-order chi connectivity index (χ0) is 15.5. The summed E-state index contributed by atoms with van der Waals surface area (Å²) >= 11 is 1.05. The van der Waals surface area contributed by atoms with Gasteiger partial charge in [-0.3, -0.25) is 14.9 Å². The van der Waals surface area contributed by atoms with Gasteiger partial charge in [0, 0.05) is 17.0 Å². The monoisotopic (exact) mass is 309 g/mol. The Kier molecular flexibility index (Phi) is 3.80. The second-order valence-electron chi connectivity index (χ2n) is 4.73. The SMILES string of the molecule is O=C(/C=C/c1csc([N+](=O)[O-])c1)c1ccc2ccccc2c1. The number of allylic oxidation sites excluding steroid dienone is 1. The van der Waals surface area contributed by atoms with Crippen LogP contribution < -0.4 is 0 Å². The Morgan fingerprint density at radius 3 is 2.59 bits per heavy atom. The van der Waals surface area contributed by atoms with Gasteiger partial charge in [0.1, 0.15) is 0 Å². The number of rotatable bonds is 4. The summed E-state index contributed by atoms with van der Waals surface area (Å²) in [5.74, 6) is -0.125. The first kappa shape index (κ1) is 14.2. The van der Waals surface area contributed by atoms with Gasteiger partial charge < -0.3 is 0 Å². The third-order valence-corrected chi connectivity index (χ3v) is 4.15. The summed E-state index contributed by atoms with van der Waals surface area (Å²) in [6.45, 7) is 0. The Morgan fingerprint density at radius 1 is 1.09 bits per heavy atom.